The number of aromatic nitrogens is 3. The topological polar surface area (TPSA) is 111 Å². The van der Waals surface area contributed by atoms with E-state index in [1.165, 1.54) is 24.3 Å². The van der Waals surface area contributed by atoms with Crippen LogP contribution < -0.4 is 17.1 Å². The summed E-state index contributed by atoms with van der Waals surface area (Å²) in [4.78, 5) is 38.4. The van der Waals surface area contributed by atoms with E-state index in [2.05, 4.69) is 4.98 Å². The van der Waals surface area contributed by atoms with Gasteiger partial charge in [0.15, 0.2) is 0 Å². The van der Waals surface area contributed by atoms with Crippen molar-refractivity contribution in [2.45, 2.75) is 33.7 Å². The van der Waals surface area contributed by atoms with Crippen LogP contribution in [0.25, 0.3) is 5.69 Å². The lowest BCUT2D eigenvalue weighted by Crippen LogP contribution is -2.48. The van der Waals surface area contributed by atoms with Gasteiger partial charge in [-0.05, 0) is 55.5 Å². The molecule has 164 valence electrons. The van der Waals surface area contributed by atoms with Gasteiger partial charge in [-0.3, -0.25) is 4.98 Å². The monoisotopic (exact) mass is 473 g/mol. The lowest BCUT2D eigenvalue weighted by molar-refractivity contribution is -0.0436. The molecule has 0 aliphatic rings. The van der Waals surface area contributed by atoms with Crippen molar-refractivity contribution in [1.29, 1.82) is 0 Å². The Morgan fingerprint density at radius 3 is 1.90 bits per heavy atom. The van der Waals surface area contributed by atoms with Crippen LogP contribution in [0.3, 0.4) is 0 Å². The van der Waals surface area contributed by atoms with E-state index in [4.69, 9.17) is 0 Å². The highest BCUT2D eigenvalue weighted by Gasteiger charge is 2.46. The highest BCUT2D eigenvalue weighted by Crippen LogP contribution is 2.33. The minimum Gasteiger partial charge on any atom is -0.258 e. The summed E-state index contributed by atoms with van der Waals surface area (Å²) >= 11 is 1.13. The number of aromatic amines is 1. The lowest BCUT2D eigenvalue weighted by atomic mass is 10.3. The molecule has 0 unspecified atom stereocenters. The number of halogens is 3. The van der Waals surface area contributed by atoms with Gasteiger partial charge in [-0.1, -0.05) is 11.8 Å². The first-order valence-electron chi connectivity index (χ1n) is 8.61. The summed E-state index contributed by atoms with van der Waals surface area (Å²) in [6, 6.07) is 10.3. The summed E-state index contributed by atoms with van der Waals surface area (Å²) < 4.78 is 62.3. The molecule has 0 aliphatic heterocycles. The van der Waals surface area contributed by atoms with E-state index < -0.39 is 37.3 Å². The SMILES string of the molecule is CCn1c(=O)[nH]c(=O)n(-c2ccc(Sc3ccc(S(=O)(=O)C(F)(F)F)cc3)cc2)c1=O. The van der Waals surface area contributed by atoms with Crippen LogP contribution in [-0.2, 0) is 16.4 Å². The molecule has 1 heterocycles. The fourth-order valence-corrected chi connectivity index (χ4v) is 4.21. The molecule has 0 saturated heterocycles. The average Bonchev–Trinajstić information content (AvgIpc) is 2.69. The predicted octanol–water partition coefficient (Wildman–Crippen LogP) is 2.15. The van der Waals surface area contributed by atoms with Crippen molar-refractivity contribution in [3.05, 3.63) is 80.0 Å². The molecule has 0 radical (unpaired) electrons. The van der Waals surface area contributed by atoms with Gasteiger partial charge in [-0.25, -0.2) is 31.9 Å². The maximum atomic E-state index is 12.6. The molecule has 8 nitrogen and oxygen atoms in total. The first-order valence-corrected chi connectivity index (χ1v) is 10.9. The summed E-state index contributed by atoms with van der Waals surface area (Å²) in [7, 11) is -5.42. The van der Waals surface area contributed by atoms with Gasteiger partial charge in [0.1, 0.15) is 0 Å². The van der Waals surface area contributed by atoms with Crippen LogP contribution in [-0.4, -0.2) is 28.0 Å². The molecule has 31 heavy (non-hydrogen) atoms. The largest absolute Gasteiger partial charge is 0.501 e. The number of benzene rings is 2. The van der Waals surface area contributed by atoms with Gasteiger partial charge in [-0.15, -0.1) is 0 Å². The van der Waals surface area contributed by atoms with E-state index in [0.717, 1.165) is 33.0 Å². The number of sulfone groups is 1. The summed E-state index contributed by atoms with van der Waals surface area (Å²) in [5.41, 5.74) is -7.66. The van der Waals surface area contributed by atoms with Gasteiger partial charge in [0.2, 0.25) is 0 Å². The van der Waals surface area contributed by atoms with Crippen molar-refractivity contribution in [2.75, 3.05) is 0 Å². The molecule has 1 aromatic heterocycles. The second kappa shape index (κ2) is 8.23. The Morgan fingerprint density at radius 2 is 1.42 bits per heavy atom. The Balaban J connectivity index is 1.87. The van der Waals surface area contributed by atoms with Crippen molar-refractivity contribution >= 4 is 21.6 Å². The third-order valence-electron chi connectivity index (χ3n) is 4.17. The van der Waals surface area contributed by atoms with Gasteiger partial charge in [0, 0.05) is 16.3 Å². The standard InChI is InChI=1S/C18H14F3N3O5S2/c1-2-23-15(25)22-16(26)24(17(23)27)11-3-5-12(6-4-11)30-13-7-9-14(10-8-13)31(28,29)18(19,20)21/h3-10H,2H2,1H3,(H,22,25,26). The van der Waals surface area contributed by atoms with Gasteiger partial charge in [-0.2, -0.15) is 13.2 Å². The number of alkyl halides is 3. The highest BCUT2D eigenvalue weighted by molar-refractivity contribution is 7.99. The van der Waals surface area contributed by atoms with E-state index in [1.54, 1.807) is 19.1 Å². The molecule has 0 aliphatic carbocycles. The molecule has 0 atom stereocenters. The van der Waals surface area contributed by atoms with Crippen LogP contribution in [0.1, 0.15) is 6.92 Å². The molecule has 0 bridgehead atoms. The number of nitrogens with zero attached hydrogens (tertiary/aromatic N) is 2. The minimum atomic E-state index is -5.42. The summed E-state index contributed by atoms with van der Waals surface area (Å²) in [5.74, 6) is 0. The Hall–Kier alpha value is -3.06. The van der Waals surface area contributed by atoms with Crippen molar-refractivity contribution in [3.63, 3.8) is 0 Å². The number of hydrogen-bond acceptors (Lipinski definition) is 6. The molecule has 0 spiro atoms. The smallest absolute Gasteiger partial charge is 0.258 e. The van der Waals surface area contributed by atoms with Crippen LogP contribution in [0.5, 0.6) is 0 Å². The Labute approximate surface area is 176 Å². The number of rotatable bonds is 5. The van der Waals surface area contributed by atoms with E-state index in [9.17, 15) is 36.0 Å². The van der Waals surface area contributed by atoms with Crippen LogP contribution in [0, 0.1) is 0 Å². The third kappa shape index (κ3) is 4.37. The maximum Gasteiger partial charge on any atom is 0.501 e. The molecular formula is C18H14F3N3O5S2. The average molecular weight is 473 g/mol. The van der Waals surface area contributed by atoms with Crippen molar-refractivity contribution < 1.29 is 21.6 Å². The van der Waals surface area contributed by atoms with Crippen LogP contribution in [0.15, 0.2) is 77.6 Å². The zero-order valence-corrected chi connectivity index (χ0v) is 17.3. The minimum absolute atomic E-state index is 0.0719. The quantitative estimate of drug-likeness (QED) is 0.608. The van der Waals surface area contributed by atoms with Gasteiger partial charge in [0.25, 0.3) is 9.84 Å². The van der Waals surface area contributed by atoms with E-state index in [-0.39, 0.29) is 12.2 Å². The molecular weight excluding hydrogens is 459 g/mol. The van der Waals surface area contributed by atoms with Crippen molar-refractivity contribution in [1.82, 2.24) is 14.1 Å². The summed E-state index contributed by atoms with van der Waals surface area (Å²) in [5, 5.41) is 0. The first-order chi connectivity index (χ1) is 14.5. The molecule has 13 heteroatoms. The first kappa shape index (κ1) is 22.6. The Morgan fingerprint density at radius 1 is 0.903 bits per heavy atom. The molecule has 0 fully saturated rings. The van der Waals surface area contributed by atoms with E-state index in [0.29, 0.717) is 9.79 Å². The second-order valence-electron chi connectivity index (χ2n) is 6.11. The lowest BCUT2D eigenvalue weighted by Gasteiger charge is -2.09. The summed E-state index contributed by atoms with van der Waals surface area (Å²) in [6.07, 6.45) is 0. The second-order valence-corrected chi connectivity index (χ2v) is 9.20. The number of H-pyrrole nitrogens is 1. The van der Waals surface area contributed by atoms with Gasteiger partial charge >= 0.3 is 22.6 Å². The Bertz CT molecular complexity index is 1390. The fraction of sp³-hybridized carbons (Fsp3) is 0.167. The number of hydrogen-bond donors (Lipinski definition) is 1. The third-order valence-corrected chi connectivity index (χ3v) is 6.69. The van der Waals surface area contributed by atoms with Crippen LogP contribution in [0.4, 0.5) is 13.2 Å². The Kier molecular flexibility index (Phi) is 6.00. The molecule has 3 aromatic rings. The molecule has 2 aromatic carbocycles. The predicted molar refractivity (Wildman–Crippen MR) is 106 cm³/mol. The molecule has 0 amide bonds. The van der Waals surface area contributed by atoms with Crippen molar-refractivity contribution in [2.24, 2.45) is 0 Å². The normalized spacial score (nSPS) is 12.1. The molecule has 0 saturated carbocycles. The highest BCUT2D eigenvalue weighted by atomic mass is 32.2. The zero-order chi connectivity index (χ0) is 23.0. The molecule has 1 N–H and O–H groups in total. The maximum absolute atomic E-state index is 12.6. The summed E-state index contributed by atoms with van der Waals surface area (Å²) in [6.45, 7) is 1.65. The van der Waals surface area contributed by atoms with Crippen LogP contribution >= 0.6 is 11.8 Å². The van der Waals surface area contributed by atoms with Crippen molar-refractivity contribution in [3.8, 4) is 5.69 Å². The zero-order valence-electron chi connectivity index (χ0n) is 15.7. The van der Waals surface area contributed by atoms with E-state index >= 15 is 0 Å². The number of nitrogens with one attached hydrogen (secondary N) is 1. The van der Waals surface area contributed by atoms with E-state index in [1.807, 2.05) is 0 Å². The molecule has 3 rings (SSSR count). The van der Waals surface area contributed by atoms with Gasteiger partial charge in [0.05, 0.1) is 10.6 Å². The van der Waals surface area contributed by atoms with Crippen LogP contribution in [0.2, 0.25) is 0 Å². The fourth-order valence-electron chi connectivity index (χ4n) is 2.64. The van der Waals surface area contributed by atoms with Gasteiger partial charge < -0.3 is 0 Å².